The van der Waals surface area contributed by atoms with Crippen LogP contribution in [0.25, 0.3) is 0 Å². The monoisotopic (exact) mass is 436 g/mol. The van der Waals surface area contributed by atoms with E-state index in [9.17, 15) is 14.7 Å². The Morgan fingerprint density at radius 3 is 2.81 bits per heavy atom. The van der Waals surface area contributed by atoms with Crippen LogP contribution in [0.5, 0.6) is 5.75 Å². The third-order valence-electron chi connectivity index (χ3n) is 5.13. The van der Waals surface area contributed by atoms with Crippen LogP contribution in [0.4, 0.5) is 0 Å². The second kappa shape index (κ2) is 12.6. The number of carbonyl (C=O) groups excluding carboxylic acids is 2. The molecule has 2 unspecified atom stereocenters. The summed E-state index contributed by atoms with van der Waals surface area (Å²) < 4.78 is 16.0. The zero-order chi connectivity index (χ0) is 22.7. The zero-order valence-corrected chi connectivity index (χ0v) is 18.8. The zero-order valence-electron chi connectivity index (χ0n) is 18.8. The summed E-state index contributed by atoms with van der Waals surface area (Å²) >= 11 is 0. The standard InChI is InChI=1S/C23H36N2O6/c1-4-30-21(27)10-9-17-7-5-6-8-20(17)31-15-19(26)13-25-23(2,3)16-24-22(28)18-11-12-29-14-18/h5-8,18-19,25-26H,4,9-16H2,1-3H3,(H,24,28). The van der Waals surface area contributed by atoms with Gasteiger partial charge in [-0.05, 0) is 45.2 Å². The van der Waals surface area contributed by atoms with E-state index in [1.165, 1.54) is 0 Å². The second-order valence-corrected chi connectivity index (χ2v) is 8.42. The van der Waals surface area contributed by atoms with Gasteiger partial charge in [0.05, 0.1) is 19.1 Å². The van der Waals surface area contributed by atoms with Crippen molar-refractivity contribution < 1.29 is 28.9 Å². The number of ether oxygens (including phenoxy) is 3. The summed E-state index contributed by atoms with van der Waals surface area (Å²) in [4.78, 5) is 23.7. The van der Waals surface area contributed by atoms with Gasteiger partial charge in [0.25, 0.3) is 0 Å². The van der Waals surface area contributed by atoms with Crippen LogP contribution in [0, 0.1) is 5.92 Å². The van der Waals surface area contributed by atoms with Gasteiger partial charge in [-0.25, -0.2) is 0 Å². The summed E-state index contributed by atoms with van der Waals surface area (Å²) in [6.45, 7) is 8.09. The molecule has 8 nitrogen and oxygen atoms in total. The number of nitrogens with one attached hydrogen (secondary N) is 2. The van der Waals surface area contributed by atoms with Gasteiger partial charge in [0.2, 0.25) is 5.91 Å². The van der Waals surface area contributed by atoms with Gasteiger partial charge in [-0.1, -0.05) is 18.2 Å². The average Bonchev–Trinajstić information content (AvgIpc) is 3.29. The van der Waals surface area contributed by atoms with E-state index in [0.717, 1.165) is 12.0 Å². The molecule has 1 saturated heterocycles. The van der Waals surface area contributed by atoms with E-state index in [-0.39, 0.29) is 36.4 Å². The molecule has 0 spiro atoms. The predicted octanol–water partition coefficient (Wildman–Crippen LogP) is 1.44. The van der Waals surface area contributed by atoms with Crippen LogP contribution in [-0.4, -0.2) is 68.1 Å². The number of hydrogen-bond acceptors (Lipinski definition) is 7. The van der Waals surface area contributed by atoms with Crippen molar-refractivity contribution in [2.24, 2.45) is 5.92 Å². The molecule has 0 aliphatic carbocycles. The van der Waals surface area contributed by atoms with Crippen LogP contribution in [0.2, 0.25) is 0 Å². The Morgan fingerprint density at radius 2 is 2.10 bits per heavy atom. The van der Waals surface area contributed by atoms with Crippen LogP contribution >= 0.6 is 0 Å². The molecule has 8 heteroatoms. The van der Waals surface area contributed by atoms with Gasteiger partial charge in [0.1, 0.15) is 18.5 Å². The quantitative estimate of drug-likeness (QED) is 0.402. The van der Waals surface area contributed by atoms with E-state index in [0.29, 0.717) is 45.1 Å². The molecule has 1 aromatic carbocycles. The van der Waals surface area contributed by atoms with Crippen LogP contribution in [0.3, 0.4) is 0 Å². The largest absolute Gasteiger partial charge is 0.491 e. The van der Waals surface area contributed by atoms with Gasteiger partial charge >= 0.3 is 5.97 Å². The van der Waals surface area contributed by atoms with Gasteiger partial charge in [-0.15, -0.1) is 0 Å². The molecule has 2 rings (SSSR count). The Labute approximate surface area is 184 Å². The summed E-state index contributed by atoms with van der Waals surface area (Å²) in [5.41, 5.74) is 0.517. The average molecular weight is 437 g/mol. The van der Waals surface area contributed by atoms with E-state index >= 15 is 0 Å². The van der Waals surface area contributed by atoms with E-state index in [2.05, 4.69) is 10.6 Å². The number of aliphatic hydroxyl groups is 1. The lowest BCUT2D eigenvalue weighted by Crippen LogP contribution is -2.52. The van der Waals surface area contributed by atoms with Gasteiger partial charge in [-0.2, -0.15) is 0 Å². The maximum absolute atomic E-state index is 12.1. The lowest BCUT2D eigenvalue weighted by molar-refractivity contribution is -0.143. The summed E-state index contributed by atoms with van der Waals surface area (Å²) in [6, 6.07) is 7.47. The molecule has 0 saturated carbocycles. The normalized spacial score (nSPS) is 17.2. The van der Waals surface area contributed by atoms with Crippen molar-refractivity contribution in [2.45, 2.75) is 51.7 Å². The molecule has 1 aliphatic heterocycles. The van der Waals surface area contributed by atoms with E-state index in [1.807, 2.05) is 38.1 Å². The molecular formula is C23H36N2O6. The Kier molecular flexibility index (Phi) is 10.2. The summed E-state index contributed by atoms with van der Waals surface area (Å²) in [7, 11) is 0. The number of benzene rings is 1. The summed E-state index contributed by atoms with van der Waals surface area (Å²) in [6.07, 6.45) is 0.834. The van der Waals surface area contributed by atoms with E-state index in [1.54, 1.807) is 6.92 Å². The number of hydrogen-bond donors (Lipinski definition) is 3. The van der Waals surface area contributed by atoms with Crippen molar-refractivity contribution in [1.29, 1.82) is 0 Å². The fraction of sp³-hybridized carbons (Fsp3) is 0.652. The van der Waals surface area contributed by atoms with Crippen LogP contribution in [0.1, 0.15) is 39.2 Å². The Morgan fingerprint density at radius 1 is 1.32 bits per heavy atom. The van der Waals surface area contributed by atoms with Crippen molar-refractivity contribution in [2.75, 3.05) is 39.5 Å². The molecule has 0 radical (unpaired) electrons. The van der Waals surface area contributed by atoms with Crippen molar-refractivity contribution in [3.8, 4) is 5.75 Å². The number of rotatable bonds is 13. The second-order valence-electron chi connectivity index (χ2n) is 8.42. The third-order valence-corrected chi connectivity index (χ3v) is 5.13. The Bertz CT molecular complexity index is 703. The first-order valence-electron chi connectivity index (χ1n) is 11.0. The molecule has 0 aromatic heterocycles. The third kappa shape index (κ3) is 9.25. The number of amides is 1. The van der Waals surface area contributed by atoms with Crippen molar-refractivity contribution >= 4 is 11.9 Å². The maximum Gasteiger partial charge on any atom is 0.306 e. The molecule has 1 amide bonds. The molecule has 31 heavy (non-hydrogen) atoms. The molecule has 1 fully saturated rings. The lowest BCUT2D eigenvalue weighted by Gasteiger charge is -2.28. The summed E-state index contributed by atoms with van der Waals surface area (Å²) in [5.74, 6) is 0.349. The lowest BCUT2D eigenvalue weighted by atomic mass is 10.0. The number of aliphatic hydroxyl groups excluding tert-OH is 1. The van der Waals surface area contributed by atoms with Gasteiger partial charge < -0.3 is 30.0 Å². The van der Waals surface area contributed by atoms with Crippen LogP contribution in [0.15, 0.2) is 24.3 Å². The molecule has 3 N–H and O–H groups in total. The highest BCUT2D eigenvalue weighted by Crippen LogP contribution is 2.20. The Hall–Kier alpha value is -2.16. The topological polar surface area (TPSA) is 106 Å². The Balaban J connectivity index is 1.72. The van der Waals surface area contributed by atoms with Gasteiger partial charge in [-0.3, -0.25) is 9.59 Å². The number of para-hydroxylation sites is 1. The first-order valence-corrected chi connectivity index (χ1v) is 11.0. The molecule has 2 atom stereocenters. The minimum Gasteiger partial charge on any atom is -0.491 e. The van der Waals surface area contributed by atoms with Gasteiger partial charge in [0.15, 0.2) is 0 Å². The van der Waals surface area contributed by atoms with Crippen molar-refractivity contribution in [3.63, 3.8) is 0 Å². The first-order chi connectivity index (χ1) is 14.8. The first kappa shape index (κ1) is 25.1. The smallest absolute Gasteiger partial charge is 0.306 e. The number of aryl methyl sites for hydroxylation is 1. The van der Waals surface area contributed by atoms with Crippen LogP contribution < -0.4 is 15.4 Å². The molecule has 1 aliphatic rings. The fourth-order valence-electron chi connectivity index (χ4n) is 3.22. The highest BCUT2D eigenvalue weighted by atomic mass is 16.5. The van der Waals surface area contributed by atoms with E-state index < -0.39 is 6.10 Å². The number of β-amino-alcohol motifs (C(OH)–C–C–N with tert-alkyl or cyclic N) is 1. The highest BCUT2D eigenvalue weighted by Gasteiger charge is 2.26. The molecule has 1 aromatic rings. The van der Waals surface area contributed by atoms with Crippen molar-refractivity contribution in [1.82, 2.24) is 10.6 Å². The van der Waals surface area contributed by atoms with Gasteiger partial charge in [0, 0.05) is 31.7 Å². The number of carbonyl (C=O) groups is 2. The minimum atomic E-state index is -0.726. The highest BCUT2D eigenvalue weighted by molar-refractivity contribution is 5.79. The fourth-order valence-corrected chi connectivity index (χ4v) is 3.22. The maximum atomic E-state index is 12.1. The SMILES string of the molecule is CCOC(=O)CCc1ccccc1OCC(O)CNC(C)(C)CNC(=O)C1CCOC1. The molecule has 0 bridgehead atoms. The summed E-state index contributed by atoms with van der Waals surface area (Å²) in [5, 5.41) is 16.6. The number of esters is 1. The molecule has 1 heterocycles. The molecule has 174 valence electrons. The minimum absolute atomic E-state index is 0.00989. The molecular weight excluding hydrogens is 400 g/mol. The van der Waals surface area contributed by atoms with Crippen LogP contribution in [-0.2, 0) is 25.5 Å². The van der Waals surface area contributed by atoms with Crippen molar-refractivity contribution in [3.05, 3.63) is 29.8 Å². The van der Waals surface area contributed by atoms with E-state index in [4.69, 9.17) is 14.2 Å². The predicted molar refractivity (Wildman–Crippen MR) is 117 cm³/mol.